The van der Waals surface area contributed by atoms with Gasteiger partial charge in [0, 0.05) is 29.5 Å². The molecular weight excluding hydrogens is 210 g/mol. The highest BCUT2D eigenvalue weighted by molar-refractivity contribution is 6.31. The fraction of sp³-hybridized carbons (Fsp3) is 0.500. The first-order valence-corrected chi connectivity index (χ1v) is 5.80. The molecule has 2 nitrogen and oxygen atoms in total. The zero-order chi connectivity index (χ0) is 10.3. The molecule has 1 aromatic rings. The highest BCUT2D eigenvalue weighted by Crippen LogP contribution is 2.41. The molecule has 0 atom stereocenters. The Kier molecular flexibility index (Phi) is 2.15. The average Bonchev–Trinajstić information content (AvgIpc) is 2.59. The molecule has 0 radical (unpaired) electrons. The molecule has 1 spiro atoms. The van der Waals surface area contributed by atoms with Gasteiger partial charge in [0.1, 0.15) is 0 Å². The van der Waals surface area contributed by atoms with Gasteiger partial charge in [-0.05, 0) is 37.0 Å². The smallest absolute Gasteiger partial charge is 0.0488 e. The molecule has 2 aliphatic rings. The van der Waals surface area contributed by atoms with Gasteiger partial charge in [0.2, 0.25) is 0 Å². The molecule has 1 fully saturated rings. The van der Waals surface area contributed by atoms with E-state index in [1.165, 1.54) is 11.3 Å². The SMILES string of the molecule is Clc1cccc2c1CC1(CCOCC1)N2. The van der Waals surface area contributed by atoms with E-state index in [0.29, 0.717) is 0 Å². The molecular formula is C12H14ClNO. The van der Waals surface area contributed by atoms with Gasteiger partial charge in [-0.25, -0.2) is 0 Å². The molecule has 3 heteroatoms. The standard InChI is InChI=1S/C12H14ClNO/c13-10-2-1-3-11-9(10)8-12(14-11)4-6-15-7-5-12/h1-3,14H,4-8H2. The van der Waals surface area contributed by atoms with Crippen LogP contribution in [0.4, 0.5) is 5.69 Å². The lowest BCUT2D eigenvalue weighted by Crippen LogP contribution is -2.41. The summed E-state index contributed by atoms with van der Waals surface area (Å²) in [5, 5.41) is 4.52. The third-order valence-corrected chi connectivity index (χ3v) is 3.84. The summed E-state index contributed by atoms with van der Waals surface area (Å²) in [5.41, 5.74) is 2.71. The Morgan fingerprint density at radius 3 is 2.80 bits per heavy atom. The Bertz CT molecular complexity index is 385. The van der Waals surface area contributed by atoms with Crippen LogP contribution in [0.2, 0.25) is 5.02 Å². The van der Waals surface area contributed by atoms with Crippen molar-refractivity contribution < 1.29 is 4.74 Å². The fourth-order valence-corrected chi connectivity index (χ4v) is 2.83. The highest BCUT2D eigenvalue weighted by Gasteiger charge is 2.38. The predicted molar refractivity (Wildman–Crippen MR) is 61.6 cm³/mol. The molecule has 15 heavy (non-hydrogen) atoms. The maximum absolute atomic E-state index is 6.20. The van der Waals surface area contributed by atoms with Crippen LogP contribution in [-0.2, 0) is 11.2 Å². The number of hydrogen-bond donors (Lipinski definition) is 1. The zero-order valence-electron chi connectivity index (χ0n) is 8.55. The Morgan fingerprint density at radius 1 is 1.27 bits per heavy atom. The first-order valence-electron chi connectivity index (χ1n) is 5.42. The molecule has 0 saturated carbocycles. The van der Waals surface area contributed by atoms with Gasteiger partial charge in [-0.15, -0.1) is 0 Å². The van der Waals surface area contributed by atoms with Crippen LogP contribution in [0.25, 0.3) is 0 Å². The minimum absolute atomic E-state index is 0.214. The summed E-state index contributed by atoms with van der Waals surface area (Å²) in [6.07, 6.45) is 3.21. The highest BCUT2D eigenvalue weighted by atomic mass is 35.5. The number of benzene rings is 1. The summed E-state index contributed by atoms with van der Waals surface area (Å²) in [5.74, 6) is 0. The van der Waals surface area contributed by atoms with Gasteiger partial charge in [0.25, 0.3) is 0 Å². The number of nitrogens with one attached hydrogen (secondary N) is 1. The first-order chi connectivity index (χ1) is 7.29. The van der Waals surface area contributed by atoms with Crippen LogP contribution in [0.1, 0.15) is 18.4 Å². The Labute approximate surface area is 94.6 Å². The molecule has 0 bridgehead atoms. The van der Waals surface area contributed by atoms with Crippen LogP contribution < -0.4 is 5.32 Å². The number of anilines is 1. The van der Waals surface area contributed by atoms with E-state index in [1.54, 1.807) is 0 Å². The van der Waals surface area contributed by atoms with E-state index in [1.807, 2.05) is 12.1 Å². The lowest BCUT2D eigenvalue weighted by Gasteiger charge is -2.34. The Hall–Kier alpha value is -0.730. The van der Waals surface area contributed by atoms with E-state index in [4.69, 9.17) is 16.3 Å². The summed E-state index contributed by atoms with van der Waals surface area (Å²) in [6, 6.07) is 6.10. The van der Waals surface area contributed by atoms with Crippen molar-refractivity contribution in [1.82, 2.24) is 0 Å². The number of rotatable bonds is 0. The zero-order valence-corrected chi connectivity index (χ0v) is 9.31. The predicted octanol–water partition coefficient (Wildman–Crippen LogP) is 2.86. The normalized spacial score (nSPS) is 22.5. The summed E-state index contributed by atoms with van der Waals surface area (Å²) < 4.78 is 5.41. The monoisotopic (exact) mass is 223 g/mol. The Balaban J connectivity index is 1.94. The largest absolute Gasteiger partial charge is 0.381 e. The van der Waals surface area contributed by atoms with Crippen LogP contribution in [0, 0.1) is 0 Å². The van der Waals surface area contributed by atoms with E-state index in [9.17, 15) is 0 Å². The van der Waals surface area contributed by atoms with Crippen molar-refractivity contribution in [2.75, 3.05) is 18.5 Å². The van der Waals surface area contributed by atoms with Gasteiger partial charge < -0.3 is 10.1 Å². The third kappa shape index (κ3) is 1.52. The lowest BCUT2D eigenvalue weighted by molar-refractivity contribution is 0.0624. The van der Waals surface area contributed by atoms with E-state index >= 15 is 0 Å². The van der Waals surface area contributed by atoms with Crippen molar-refractivity contribution in [3.05, 3.63) is 28.8 Å². The Morgan fingerprint density at radius 2 is 2.07 bits per heavy atom. The molecule has 1 aromatic carbocycles. The van der Waals surface area contributed by atoms with Gasteiger partial charge >= 0.3 is 0 Å². The second-order valence-corrected chi connectivity index (χ2v) is 4.87. The quantitative estimate of drug-likeness (QED) is 0.730. The van der Waals surface area contributed by atoms with E-state index in [-0.39, 0.29) is 5.54 Å². The molecule has 80 valence electrons. The molecule has 0 aromatic heterocycles. The summed E-state index contributed by atoms with van der Waals surface area (Å²) >= 11 is 6.20. The van der Waals surface area contributed by atoms with Gasteiger partial charge in [0.15, 0.2) is 0 Å². The lowest BCUT2D eigenvalue weighted by atomic mass is 9.87. The summed E-state index contributed by atoms with van der Waals surface area (Å²) in [4.78, 5) is 0. The maximum Gasteiger partial charge on any atom is 0.0488 e. The van der Waals surface area contributed by atoms with Gasteiger partial charge in [-0.1, -0.05) is 17.7 Å². The molecule has 1 saturated heterocycles. The molecule has 0 amide bonds. The number of ether oxygens (including phenoxy) is 1. The number of fused-ring (bicyclic) bond motifs is 1. The maximum atomic E-state index is 6.20. The minimum atomic E-state index is 0.214. The van der Waals surface area contributed by atoms with Crippen LogP contribution in [0.3, 0.4) is 0 Å². The number of hydrogen-bond acceptors (Lipinski definition) is 2. The van der Waals surface area contributed by atoms with Crippen LogP contribution in [0.5, 0.6) is 0 Å². The third-order valence-electron chi connectivity index (χ3n) is 3.48. The molecule has 0 unspecified atom stereocenters. The second-order valence-electron chi connectivity index (χ2n) is 4.46. The summed E-state index contributed by atoms with van der Waals surface area (Å²) in [6.45, 7) is 1.72. The van der Waals surface area contributed by atoms with Crippen molar-refractivity contribution in [2.24, 2.45) is 0 Å². The van der Waals surface area contributed by atoms with E-state index in [2.05, 4.69) is 11.4 Å². The molecule has 2 heterocycles. The van der Waals surface area contributed by atoms with Crippen LogP contribution in [-0.4, -0.2) is 18.8 Å². The van der Waals surface area contributed by atoms with Crippen LogP contribution in [0.15, 0.2) is 18.2 Å². The first kappa shape index (κ1) is 9.49. The van der Waals surface area contributed by atoms with Crippen molar-refractivity contribution in [1.29, 1.82) is 0 Å². The van der Waals surface area contributed by atoms with Gasteiger partial charge in [-0.2, -0.15) is 0 Å². The van der Waals surface area contributed by atoms with Gasteiger partial charge in [0.05, 0.1) is 0 Å². The van der Waals surface area contributed by atoms with Crippen molar-refractivity contribution in [3.63, 3.8) is 0 Å². The van der Waals surface area contributed by atoms with Crippen molar-refractivity contribution in [2.45, 2.75) is 24.8 Å². The van der Waals surface area contributed by atoms with Crippen molar-refractivity contribution >= 4 is 17.3 Å². The number of halogens is 1. The van der Waals surface area contributed by atoms with Crippen molar-refractivity contribution in [3.8, 4) is 0 Å². The second kappa shape index (κ2) is 3.39. The summed E-state index contributed by atoms with van der Waals surface area (Å²) in [7, 11) is 0. The topological polar surface area (TPSA) is 21.3 Å². The molecule has 0 aliphatic carbocycles. The molecule has 2 aliphatic heterocycles. The van der Waals surface area contributed by atoms with E-state index < -0.39 is 0 Å². The average molecular weight is 224 g/mol. The minimum Gasteiger partial charge on any atom is -0.381 e. The van der Waals surface area contributed by atoms with Crippen LogP contribution >= 0.6 is 11.6 Å². The molecule has 3 rings (SSSR count). The van der Waals surface area contributed by atoms with Gasteiger partial charge in [-0.3, -0.25) is 0 Å². The fourth-order valence-electron chi connectivity index (χ4n) is 2.59. The van der Waals surface area contributed by atoms with E-state index in [0.717, 1.165) is 37.5 Å². The molecule has 1 N–H and O–H groups in total.